The molecule has 70 valence electrons. The van der Waals surface area contributed by atoms with E-state index in [0.717, 1.165) is 6.42 Å². The topological polar surface area (TPSA) is 78.4 Å². The van der Waals surface area contributed by atoms with Crippen molar-refractivity contribution in [3.05, 3.63) is 0 Å². The number of carboxylic acids is 1. The van der Waals surface area contributed by atoms with Crippen LogP contribution in [0.3, 0.4) is 0 Å². The third kappa shape index (κ3) is 4.54. The van der Waals surface area contributed by atoms with Gasteiger partial charge in [-0.1, -0.05) is 6.92 Å². The van der Waals surface area contributed by atoms with Crippen molar-refractivity contribution >= 4 is 12.0 Å². The second-order valence-electron chi connectivity index (χ2n) is 2.46. The summed E-state index contributed by atoms with van der Waals surface area (Å²) >= 11 is 0. The summed E-state index contributed by atoms with van der Waals surface area (Å²) in [6, 6.07) is -1.28. The van der Waals surface area contributed by atoms with Crippen molar-refractivity contribution < 1.29 is 14.7 Å². The fraction of sp³-hybridized carbons (Fsp3) is 0.714. The minimum atomic E-state index is -1.04. The standard InChI is InChI=1S/C7H14N2O3/c1-3-4-8-7(12)9-5(2)6(10)11/h5H,3-4H2,1-2H3,(H,10,11)(H2,8,9,12)/t5-/m1/s1. The summed E-state index contributed by atoms with van der Waals surface area (Å²) in [6.07, 6.45) is 0.828. The minimum absolute atomic E-state index is 0.438. The molecule has 0 aliphatic heterocycles. The molecule has 0 saturated heterocycles. The van der Waals surface area contributed by atoms with E-state index in [9.17, 15) is 9.59 Å². The van der Waals surface area contributed by atoms with Gasteiger partial charge in [-0.3, -0.25) is 4.79 Å². The van der Waals surface area contributed by atoms with E-state index >= 15 is 0 Å². The van der Waals surface area contributed by atoms with E-state index in [1.165, 1.54) is 6.92 Å². The van der Waals surface area contributed by atoms with Crippen molar-refractivity contribution in [1.29, 1.82) is 0 Å². The van der Waals surface area contributed by atoms with E-state index in [1.54, 1.807) is 0 Å². The first kappa shape index (κ1) is 10.7. The molecule has 0 aromatic rings. The summed E-state index contributed by atoms with van der Waals surface area (Å²) in [5.41, 5.74) is 0. The maximum atomic E-state index is 10.8. The van der Waals surface area contributed by atoms with Crippen LogP contribution >= 0.6 is 0 Å². The highest BCUT2D eigenvalue weighted by Crippen LogP contribution is 1.80. The van der Waals surface area contributed by atoms with Gasteiger partial charge in [-0.25, -0.2) is 4.79 Å². The van der Waals surface area contributed by atoms with Crippen LogP contribution < -0.4 is 10.6 Å². The number of carbonyl (C=O) groups is 2. The van der Waals surface area contributed by atoms with Crippen molar-refractivity contribution in [1.82, 2.24) is 10.6 Å². The molecule has 0 rings (SSSR count). The van der Waals surface area contributed by atoms with Gasteiger partial charge in [0.15, 0.2) is 0 Å². The number of hydrogen-bond acceptors (Lipinski definition) is 2. The number of hydrogen-bond donors (Lipinski definition) is 3. The van der Waals surface area contributed by atoms with E-state index in [-0.39, 0.29) is 0 Å². The third-order valence-electron chi connectivity index (χ3n) is 1.25. The maximum absolute atomic E-state index is 10.8. The Hall–Kier alpha value is -1.26. The predicted octanol–water partition coefficient (Wildman–Crippen LogP) is 0.169. The van der Waals surface area contributed by atoms with Crippen LogP contribution in [0.5, 0.6) is 0 Å². The Morgan fingerprint density at radius 2 is 2.08 bits per heavy atom. The molecule has 0 heterocycles. The Kier molecular flexibility index (Phi) is 4.83. The molecule has 1 atom stereocenters. The van der Waals surface area contributed by atoms with Gasteiger partial charge in [0, 0.05) is 6.54 Å². The quantitative estimate of drug-likeness (QED) is 0.568. The van der Waals surface area contributed by atoms with Crippen LogP contribution in [-0.2, 0) is 4.79 Å². The zero-order chi connectivity index (χ0) is 9.56. The molecule has 0 fully saturated rings. The molecule has 2 amide bonds. The Morgan fingerprint density at radius 3 is 2.50 bits per heavy atom. The lowest BCUT2D eigenvalue weighted by atomic mass is 10.3. The van der Waals surface area contributed by atoms with E-state index in [4.69, 9.17) is 5.11 Å². The SMILES string of the molecule is CCCNC(=O)N[C@H](C)C(=O)O. The first-order valence-corrected chi connectivity index (χ1v) is 3.85. The summed E-state index contributed by atoms with van der Waals surface area (Å²) in [5.74, 6) is -1.04. The average molecular weight is 174 g/mol. The van der Waals surface area contributed by atoms with Crippen LogP contribution in [0.4, 0.5) is 4.79 Å². The molecule has 5 nitrogen and oxygen atoms in total. The van der Waals surface area contributed by atoms with Gasteiger partial charge in [0.2, 0.25) is 0 Å². The average Bonchev–Trinajstić information content (AvgIpc) is 2.00. The number of amides is 2. The lowest BCUT2D eigenvalue weighted by Crippen LogP contribution is -2.44. The van der Waals surface area contributed by atoms with Gasteiger partial charge in [-0.15, -0.1) is 0 Å². The number of nitrogens with one attached hydrogen (secondary N) is 2. The summed E-state index contributed by atoms with van der Waals surface area (Å²) in [4.78, 5) is 21.1. The number of urea groups is 1. The maximum Gasteiger partial charge on any atom is 0.325 e. The Balaban J connectivity index is 3.61. The number of carboxylic acid groups (broad SMARTS) is 1. The molecule has 0 bridgehead atoms. The van der Waals surface area contributed by atoms with E-state index in [1.807, 2.05) is 6.92 Å². The number of rotatable bonds is 4. The normalized spacial score (nSPS) is 11.8. The molecular weight excluding hydrogens is 160 g/mol. The zero-order valence-corrected chi connectivity index (χ0v) is 7.26. The molecular formula is C7H14N2O3. The van der Waals surface area contributed by atoms with Crippen LogP contribution in [0, 0.1) is 0 Å². The fourth-order valence-electron chi connectivity index (χ4n) is 0.548. The molecule has 0 aromatic carbocycles. The van der Waals surface area contributed by atoms with Crippen LogP contribution in [0.1, 0.15) is 20.3 Å². The van der Waals surface area contributed by atoms with Crippen LogP contribution in [0.15, 0.2) is 0 Å². The van der Waals surface area contributed by atoms with Crippen molar-refractivity contribution in [3.63, 3.8) is 0 Å². The van der Waals surface area contributed by atoms with E-state index < -0.39 is 18.0 Å². The monoisotopic (exact) mass is 174 g/mol. The van der Waals surface area contributed by atoms with Gasteiger partial charge in [0.1, 0.15) is 6.04 Å². The highest BCUT2D eigenvalue weighted by molar-refractivity contribution is 5.82. The summed E-state index contributed by atoms with van der Waals surface area (Å²) < 4.78 is 0. The lowest BCUT2D eigenvalue weighted by Gasteiger charge is -2.09. The number of aliphatic carboxylic acids is 1. The van der Waals surface area contributed by atoms with Crippen molar-refractivity contribution in [2.24, 2.45) is 0 Å². The van der Waals surface area contributed by atoms with E-state index in [0.29, 0.717) is 6.54 Å². The van der Waals surface area contributed by atoms with Crippen molar-refractivity contribution in [2.45, 2.75) is 26.3 Å². The third-order valence-corrected chi connectivity index (χ3v) is 1.25. The highest BCUT2D eigenvalue weighted by Gasteiger charge is 2.12. The molecule has 5 heteroatoms. The van der Waals surface area contributed by atoms with E-state index in [2.05, 4.69) is 10.6 Å². The Morgan fingerprint density at radius 1 is 1.50 bits per heavy atom. The van der Waals surface area contributed by atoms with Crippen molar-refractivity contribution in [2.75, 3.05) is 6.54 Å². The van der Waals surface area contributed by atoms with Gasteiger partial charge in [0.05, 0.1) is 0 Å². The largest absolute Gasteiger partial charge is 0.480 e. The fourth-order valence-corrected chi connectivity index (χ4v) is 0.548. The second-order valence-corrected chi connectivity index (χ2v) is 2.46. The molecule has 12 heavy (non-hydrogen) atoms. The minimum Gasteiger partial charge on any atom is -0.480 e. The predicted molar refractivity (Wildman–Crippen MR) is 43.9 cm³/mol. The van der Waals surface area contributed by atoms with Gasteiger partial charge in [-0.05, 0) is 13.3 Å². The first-order valence-electron chi connectivity index (χ1n) is 3.85. The molecule has 0 radical (unpaired) electrons. The smallest absolute Gasteiger partial charge is 0.325 e. The van der Waals surface area contributed by atoms with Gasteiger partial charge in [0.25, 0.3) is 0 Å². The van der Waals surface area contributed by atoms with Gasteiger partial charge >= 0.3 is 12.0 Å². The lowest BCUT2D eigenvalue weighted by molar-refractivity contribution is -0.138. The zero-order valence-electron chi connectivity index (χ0n) is 7.26. The second kappa shape index (κ2) is 5.40. The summed E-state index contributed by atoms with van der Waals surface area (Å²) in [7, 11) is 0. The molecule has 0 unspecified atom stereocenters. The Labute approximate surface area is 71.1 Å². The molecule has 0 spiro atoms. The molecule has 0 saturated carbocycles. The molecule has 0 aromatic heterocycles. The molecule has 3 N–H and O–H groups in total. The summed E-state index contributed by atoms with van der Waals surface area (Å²) in [6.45, 7) is 3.88. The Bertz CT molecular complexity index is 170. The highest BCUT2D eigenvalue weighted by atomic mass is 16.4. The molecule has 0 aliphatic rings. The van der Waals surface area contributed by atoms with Gasteiger partial charge < -0.3 is 15.7 Å². The number of carbonyl (C=O) groups excluding carboxylic acids is 1. The van der Waals surface area contributed by atoms with Gasteiger partial charge in [-0.2, -0.15) is 0 Å². The van der Waals surface area contributed by atoms with Crippen LogP contribution in [-0.4, -0.2) is 29.7 Å². The first-order chi connectivity index (χ1) is 5.57. The van der Waals surface area contributed by atoms with Crippen LogP contribution in [0.2, 0.25) is 0 Å². The summed E-state index contributed by atoms with van der Waals surface area (Å²) in [5, 5.41) is 13.2. The van der Waals surface area contributed by atoms with Crippen LogP contribution in [0.25, 0.3) is 0 Å². The molecule has 0 aliphatic carbocycles. The van der Waals surface area contributed by atoms with Crippen molar-refractivity contribution in [3.8, 4) is 0 Å².